The number of ether oxygens (including phenoxy) is 1. The van der Waals surface area contributed by atoms with Gasteiger partial charge in [-0.2, -0.15) is 0 Å². The number of hydrogen-bond donors (Lipinski definition) is 2. The van der Waals surface area contributed by atoms with E-state index in [-0.39, 0.29) is 29.9 Å². The highest BCUT2D eigenvalue weighted by molar-refractivity contribution is 7.89. The minimum Gasteiger partial charge on any atom is -0.490 e. The van der Waals surface area contributed by atoms with E-state index in [0.29, 0.717) is 24.6 Å². The van der Waals surface area contributed by atoms with Crippen molar-refractivity contribution in [3.8, 4) is 5.75 Å². The van der Waals surface area contributed by atoms with E-state index >= 15 is 0 Å². The van der Waals surface area contributed by atoms with Crippen LogP contribution in [0.2, 0.25) is 0 Å². The number of aliphatic hydroxyl groups is 1. The summed E-state index contributed by atoms with van der Waals surface area (Å²) in [4.78, 5) is 14.0. The number of sulfonamides is 1. The molecule has 1 aromatic carbocycles. The van der Waals surface area contributed by atoms with Crippen LogP contribution in [0.5, 0.6) is 5.75 Å². The van der Waals surface area contributed by atoms with Crippen molar-refractivity contribution in [2.24, 2.45) is 5.92 Å². The molecule has 7 nitrogen and oxygen atoms in total. The summed E-state index contributed by atoms with van der Waals surface area (Å²) in [7, 11) is -3.71. The van der Waals surface area contributed by atoms with E-state index in [9.17, 15) is 13.2 Å². The molecule has 1 heterocycles. The van der Waals surface area contributed by atoms with Crippen LogP contribution in [0, 0.1) is 5.92 Å². The molecule has 120 valence electrons. The fourth-order valence-electron chi connectivity index (χ4n) is 2.41. The van der Waals surface area contributed by atoms with Gasteiger partial charge in [-0.05, 0) is 31.0 Å². The van der Waals surface area contributed by atoms with Crippen molar-refractivity contribution >= 4 is 21.6 Å². The van der Waals surface area contributed by atoms with E-state index in [0.717, 1.165) is 12.8 Å². The van der Waals surface area contributed by atoms with Gasteiger partial charge in [0.25, 0.3) is 0 Å². The molecule has 0 atom stereocenters. The molecule has 1 amide bonds. The zero-order chi connectivity index (χ0) is 15.7. The number of rotatable bonds is 5. The van der Waals surface area contributed by atoms with Crippen LogP contribution in [0.25, 0.3) is 0 Å². The molecule has 2 aliphatic rings. The molecular weight excluding hydrogens is 308 g/mol. The molecule has 0 radical (unpaired) electrons. The summed E-state index contributed by atoms with van der Waals surface area (Å²) in [6.45, 7) is 0.496. The van der Waals surface area contributed by atoms with Gasteiger partial charge >= 0.3 is 0 Å². The zero-order valence-corrected chi connectivity index (χ0v) is 12.8. The number of amides is 1. The Bertz CT molecular complexity index is 684. The molecule has 0 aromatic heterocycles. The summed E-state index contributed by atoms with van der Waals surface area (Å²) in [5.41, 5.74) is 0.495. The van der Waals surface area contributed by atoms with Crippen LogP contribution in [0.1, 0.15) is 12.8 Å². The van der Waals surface area contributed by atoms with Crippen LogP contribution in [0.15, 0.2) is 23.1 Å². The molecule has 0 unspecified atom stereocenters. The second-order valence-electron chi connectivity index (χ2n) is 5.36. The first kappa shape index (κ1) is 15.3. The molecule has 2 N–H and O–H groups in total. The third kappa shape index (κ3) is 2.94. The number of anilines is 1. The van der Waals surface area contributed by atoms with Crippen LogP contribution in [0.3, 0.4) is 0 Å². The Morgan fingerprint density at radius 3 is 2.86 bits per heavy atom. The van der Waals surface area contributed by atoms with E-state index in [1.54, 1.807) is 11.0 Å². The van der Waals surface area contributed by atoms with Gasteiger partial charge in [0.1, 0.15) is 12.4 Å². The molecule has 3 rings (SSSR count). The van der Waals surface area contributed by atoms with E-state index in [1.165, 1.54) is 12.1 Å². The predicted molar refractivity (Wildman–Crippen MR) is 79.3 cm³/mol. The van der Waals surface area contributed by atoms with Crippen LogP contribution in [-0.4, -0.2) is 45.7 Å². The average molecular weight is 326 g/mol. The van der Waals surface area contributed by atoms with Crippen LogP contribution in [0.4, 0.5) is 5.69 Å². The lowest BCUT2D eigenvalue weighted by Gasteiger charge is -2.30. The summed E-state index contributed by atoms with van der Waals surface area (Å²) in [5.74, 6) is 0.600. The number of nitrogens with one attached hydrogen (secondary N) is 1. The number of aliphatic hydroxyl groups excluding tert-OH is 1. The molecule has 0 spiro atoms. The van der Waals surface area contributed by atoms with E-state index in [4.69, 9.17) is 9.84 Å². The second-order valence-corrected chi connectivity index (χ2v) is 7.13. The minimum absolute atomic E-state index is 0.0300. The zero-order valence-electron chi connectivity index (χ0n) is 12.0. The summed E-state index contributed by atoms with van der Waals surface area (Å²) in [6.07, 6.45) is 1.78. The van der Waals surface area contributed by atoms with E-state index < -0.39 is 10.0 Å². The lowest BCUT2D eigenvalue weighted by molar-refractivity contribution is -0.120. The van der Waals surface area contributed by atoms with Gasteiger partial charge in [-0.3, -0.25) is 4.79 Å². The largest absolute Gasteiger partial charge is 0.490 e. The topological polar surface area (TPSA) is 95.9 Å². The lowest BCUT2D eigenvalue weighted by Crippen LogP contribution is -2.39. The van der Waals surface area contributed by atoms with Crippen molar-refractivity contribution in [2.75, 3.05) is 31.2 Å². The van der Waals surface area contributed by atoms with Crippen molar-refractivity contribution in [3.63, 3.8) is 0 Å². The quantitative estimate of drug-likeness (QED) is 0.800. The average Bonchev–Trinajstić information content (AvgIpc) is 3.36. The molecule has 8 heteroatoms. The maximum atomic E-state index is 12.3. The summed E-state index contributed by atoms with van der Waals surface area (Å²) in [5, 5.41) is 8.75. The summed E-state index contributed by atoms with van der Waals surface area (Å²) in [6, 6.07) is 4.45. The molecule has 1 fully saturated rings. The third-order valence-electron chi connectivity index (χ3n) is 3.70. The predicted octanol–water partition coefficient (Wildman–Crippen LogP) is 0.0926. The second kappa shape index (κ2) is 5.86. The number of benzene rings is 1. The molecular formula is C14H18N2O5S. The Morgan fingerprint density at radius 2 is 2.18 bits per heavy atom. The Kier molecular flexibility index (Phi) is 4.07. The highest BCUT2D eigenvalue weighted by Crippen LogP contribution is 2.38. The Morgan fingerprint density at radius 1 is 1.41 bits per heavy atom. The third-order valence-corrected chi connectivity index (χ3v) is 5.16. The van der Waals surface area contributed by atoms with Gasteiger partial charge in [-0.1, -0.05) is 0 Å². The van der Waals surface area contributed by atoms with Gasteiger partial charge in [0, 0.05) is 12.5 Å². The monoisotopic (exact) mass is 326 g/mol. The van der Waals surface area contributed by atoms with Crippen molar-refractivity contribution in [2.45, 2.75) is 17.7 Å². The van der Waals surface area contributed by atoms with Gasteiger partial charge < -0.3 is 14.7 Å². The lowest BCUT2D eigenvalue weighted by atomic mass is 10.2. The Labute approximate surface area is 128 Å². The van der Waals surface area contributed by atoms with Gasteiger partial charge in [0.05, 0.1) is 23.7 Å². The van der Waals surface area contributed by atoms with Crippen LogP contribution < -0.4 is 14.4 Å². The molecule has 0 bridgehead atoms. The first-order valence-corrected chi connectivity index (χ1v) is 8.70. The fourth-order valence-corrected chi connectivity index (χ4v) is 3.45. The van der Waals surface area contributed by atoms with Crippen molar-refractivity contribution < 1.29 is 23.1 Å². The number of fused-ring (bicyclic) bond motifs is 1. The van der Waals surface area contributed by atoms with Gasteiger partial charge in [0.15, 0.2) is 0 Å². The van der Waals surface area contributed by atoms with Gasteiger partial charge in [-0.25, -0.2) is 13.1 Å². The maximum Gasteiger partial charge on any atom is 0.240 e. The van der Waals surface area contributed by atoms with Crippen molar-refractivity contribution in [1.82, 2.24) is 4.72 Å². The minimum atomic E-state index is -3.71. The first-order valence-electron chi connectivity index (χ1n) is 7.21. The Balaban J connectivity index is 1.93. The number of carbonyl (C=O) groups excluding carboxylic acids is 1. The normalized spacial score (nSPS) is 17.8. The van der Waals surface area contributed by atoms with E-state index in [2.05, 4.69) is 4.72 Å². The Hall–Kier alpha value is -1.64. The first-order chi connectivity index (χ1) is 10.5. The highest BCUT2D eigenvalue weighted by atomic mass is 32.2. The van der Waals surface area contributed by atoms with Crippen LogP contribution >= 0.6 is 0 Å². The SMILES string of the molecule is O=C(C1CC1)N1CCOc2ccc(S(=O)(=O)NCCO)cc21. The van der Waals surface area contributed by atoms with Crippen molar-refractivity contribution in [3.05, 3.63) is 18.2 Å². The maximum absolute atomic E-state index is 12.3. The van der Waals surface area contributed by atoms with Gasteiger partial charge in [-0.15, -0.1) is 0 Å². The molecule has 1 saturated carbocycles. The fraction of sp³-hybridized carbons (Fsp3) is 0.500. The molecule has 1 aromatic rings. The standard InChI is InChI=1S/C14H18N2O5S/c17-7-5-15-22(19,20)11-3-4-13-12(9-11)16(6-8-21-13)14(18)10-1-2-10/h3-4,9-10,15,17H,1-2,5-8H2. The number of nitrogens with zero attached hydrogens (tertiary/aromatic N) is 1. The van der Waals surface area contributed by atoms with Crippen molar-refractivity contribution in [1.29, 1.82) is 0 Å². The molecule has 1 aliphatic carbocycles. The molecule has 22 heavy (non-hydrogen) atoms. The van der Waals surface area contributed by atoms with Crippen LogP contribution in [-0.2, 0) is 14.8 Å². The summed E-state index contributed by atoms with van der Waals surface area (Å²) < 4.78 is 32.1. The van der Waals surface area contributed by atoms with Gasteiger partial charge in [0.2, 0.25) is 15.9 Å². The number of carbonyl (C=O) groups is 1. The number of hydrogen-bond acceptors (Lipinski definition) is 5. The highest BCUT2D eigenvalue weighted by Gasteiger charge is 2.36. The molecule has 0 saturated heterocycles. The smallest absolute Gasteiger partial charge is 0.240 e. The van der Waals surface area contributed by atoms with E-state index in [1.807, 2.05) is 0 Å². The molecule has 1 aliphatic heterocycles. The summed E-state index contributed by atoms with van der Waals surface area (Å²) >= 11 is 0.